The highest BCUT2D eigenvalue weighted by molar-refractivity contribution is 6.19. The maximum atomic E-state index is 12.8. The van der Waals surface area contributed by atoms with E-state index in [1.807, 2.05) is 0 Å². The average Bonchev–Trinajstić information content (AvgIpc) is 2.93. The summed E-state index contributed by atoms with van der Waals surface area (Å²) in [6, 6.07) is -0.513. The molecule has 116 valence electrons. The van der Waals surface area contributed by atoms with Gasteiger partial charge in [0.05, 0.1) is 0 Å². The number of hydrogen-bond donors (Lipinski definition) is 1. The van der Waals surface area contributed by atoms with Crippen LogP contribution < -0.4 is 5.32 Å². The van der Waals surface area contributed by atoms with E-state index >= 15 is 0 Å². The molecule has 2 aliphatic carbocycles. The molecule has 4 amide bonds. The first-order chi connectivity index (χ1) is 10.0. The zero-order valence-electron chi connectivity index (χ0n) is 12.7. The number of urea groups is 1. The highest BCUT2D eigenvalue weighted by Crippen LogP contribution is 2.42. The lowest BCUT2D eigenvalue weighted by Crippen LogP contribution is -2.63. The number of imide groups is 2. The maximum absolute atomic E-state index is 12.8. The first-order valence-electron chi connectivity index (χ1n) is 8.20. The Morgan fingerprint density at radius 3 is 2.52 bits per heavy atom. The van der Waals surface area contributed by atoms with E-state index in [1.54, 1.807) is 0 Å². The second-order valence-electron chi connectivity index (χ2n) is 7.10. The Labute approximate surface area is 125 Å². The summed E-state index contributed by atoms with van der Waals surface area (Å²) in [5.74, 6) is 0.430. The van der Waals surface area contributed by atoms with E-state index in [4.69, 9.17) is 0 Å². The monoisotopic (exact) mass is 292 g/mol. The highest BCUT2D eigenvalue weighted by Gasteiger charge is 2.55. The maximum Gasteiger partial charge on any atom is 0.330 e. The van der Waals surface area contributed by atoms with Gasteiger partial charge in [0.1, 0.15) is 5.41 Å². The molecule has 5 heteroatoms. The fraction of sp³-hybridized carbons (Fsp3) is 0.812. The number of amides is 4. The molecule has 1 spiro atoms. The van der Waals surface area contributed by atoms with E-state index in [1.165, 1.54) is 17.7 Å². The van der Waals surface area contributed by atoms with Crippen molar-refractivity contribution in [3.63, 3.8) is 0 Å². The molecule has 2 saturated carbocycles. The zero-order chi connectivity index (χ0) is 15.0. The summed E-state index contributed by atoms with van der Waals surface area (Å²) in [4.78, 5) is 38.3. The number of nitrogens with one attached hydrogen (secondary N) is 1. The molecule has 0 aromatic rings. The molecule has 3 fully saturated rings. The lowest BCUT2D eigenvalue weighted by Gasteiger charge is -2.39. The van der Waals surface area contributed by atoms with Crippen molar-refractivity contribution in [2.24, 2.45) is 17.3 Å². The number of barbiturate groups is 1. The Kier molecular flexibility index (Phi) is 3.76. The number of rotatable bonds is 2. The smallest absolute Gasteiger partial charge is 0.277 e. The topological polar surface area (TPSA) is 66.5 Å². The Hall–Kier alpha value is -1.39. The molecule has 1 saturated heterocycles. The molecule has 0 radical (unpaired) electrons. The van der Waals surface area contributed by atoms with E-state index in [0.717, 1.165) is 25.7 Å². The molecule has 3 aliphatic rings. The normalized spacial score (nSPS) is 32.6. The van der Waals surface area contributed by atoms with Crippen molar-refractivity contribution in [3.8, 4) is 0 Å². The molecule has 0 aromatic carbocycles. The number of hydrogen-bond acceptors (Lipinski definition) is 3. The fourth-order valence-electron chi connectivity index (χ4n) is 4.30. The molecule has 5 nitrogen and oxygen atoms in total. The van der Waals surface area contributed by atoms with Crippen LogP contribution in [0.3, 0.4) is 0 Å². The van der Waals surface area contributed by atoms with Crippen LogP contribution in [0.4, 0.5) is 4.79 Å². The van der Waals surface area contributed by atoms with Crippen molar-refractivity contribution < 1.29 is 14.4 Å². The molecule has 0 bridgehead atoms. The summed E-state index contributed by atoms with van der Waals surface area (Å²) in [5.41, 5.74) is -0.950. The van der Waals surface area contributed by atoms with Crippen LogP contribution in [0, 0.1) is 17.3 Å². The van der Waals surface area contributed by atoms with Crippen molar-refractivity contribution in [3.05, 3.63) is 0 Å². The van der Waals surface area contributed by atoms with Gasteiger partial charge in [0, 0.05) is 6.54 Å². The van der Waals surface area contributed by atoms with Crippen LogP contribution >= 0.6 is 0 Å². The molecule has 1 heterocycles. The molecule has 2 unspecified atom stereocenters. The third-order valence-corrected chi connectivity index (χ3v) is 5.50. The van der Waals surface area contributed by atoms with Gasteiger partial charge in [-0.15, -0.1) is 0 Å². The lowest BCUT2D eigenvalue weighted by atomic mass is 9.79. The zero-order valence-corrected chi connectivity index (χ0v) is 12.7. The second kappa shape index (κ2) is 5.43. The Balaban J connectivity index is 1.76. The average molecular weight is 292 g/mol. The van der Waals surface area contributed by atoms with E-state index in [-0.39, 0.29) is 11.8 Å². The van der Waals surface area contributed by atoms with E-state index in [9.17, 15) is 14.4 Å². The molecule has 21 heavy (non-hydrogen) atoms. The van der Waals surface area contributed by atoms with Gasteiger partial charge in [0.25, 0.3) is 0 Å². The van der Waals surface area contributed by atoms with Gasteiger partial charge in [-0.25, -0.2) is 4.79 Å². The third kappa shape index (κ3) is 2.47. The quantitative estimate of drug-likeness (QED) is 0.795. The molecule has 1 aliphatic heterocycles. The first kappa shape index (κ1) is 14.5. The van der Waals surface area contributed by atoms with Gasteiger partial charge in [-0.3, -0.25) is 19.8 Å². The minimum atomic E-state index is -0.950. The van der Waals surface area contributed by atoms with Gasteiger partial charge in [-0.05, 0) is 37.5 Å². The van der Waals surface area contributed by atoms with Crippen molar-refractivity contribution >= 4 is 17.8 Å². The SMILES string of the molecule is CC1CCCC(CN2C(=O)NC(=O)C3(CCCC3)C2=O)C1. The summed E-state index contributed by atoms with van der Waals surface area (Å²) in [5, 5.41) is 2.42. The van der Waals surface area contributed by atoms with Gasteiger partial charge in [0.2, 0.25) is 11.8 Å². The van der Waals surface area contributed by atoms with Gasteiger partial charge >= 0.3 is 6.03 Å². The van der Waals surface area contributed by atoms with Gasteiger partial charge in [-0.2, -0.15) is 0 Å². The number of nitrogens with zero attached hydrogens (tertiary/aromatic N) is 1. The van der Waals surface area contributed by atoms with Crippen LogP contribution in [0.15, 0.2) is 0 Å². The Morgan fingerprint density at radius 2 is 1.86 bits per heavy atom. The summed E-state index contributed by atoms with van der Waals surface area (Å²) in [6.07, 6.45) is 7.49. The van der Waals surface area contributed by atoms with E-state index in [0.29, 0.717) is 31.2 Å². The molecule has 3 rings (SSSR count). The van der Waals surface area contributed by atoms with Crippen LogP contribution in [0.25, 0.3) is 0 Å². The van der Waals surface area contributed by atoms with Crippen LogP contribution in [-0.4, -0.2) is 29.3 Å². The largest absolute Gasteiger partial charge is 0.330 e. The predicted molar refractivity (Wildman–Crippen MR) is 77.3 cm³/mol. The highest BCUT2D eigenvalue weighted by atomic mass is 16.2. The number of carbonyl (C=O) groups excluding carboxylic acids is 3. The first-order valence-corrected chi connectivity index (χ1v) is 8.20. The van der Waals surface area contributed by atoms with Crippen LogP contribution in [0.2, 0.25) is 0 Å². The third-order valence-electron chi connectivity index (χ3n) is 5.50. The second-order valence-corrected chi connectivity index (χ2v) is 7.10. The molecule has 2 atom stereocenters. The van der Waals surface area contributed by atoms with E-state index < -0.39 is 11.4 Å². The van der Waals surface area contributed by atoms with Crippen LogP contribution in [0.1, 0.15) is 58.3 Å². The summed E-state index contributed by atoms with van der Waals surface area (Å²) < 4.78 is 0. The Bertz CT molecular complexity index is 468. The summed E-state index contributed by atoms with van der Waals surface area (Å²) in [6.45, 7) is 2.70. The van der Waals surface area contributed by atoms with Crippen molar-refractivity contribution in [2.45, 2.75) is 58.3 Å². The molecule has 1 N–H and O–H groups in total. The van der Waals surface area contributed by atoms with E-state index in [2.05, 4.69) is 12.2 Å². The van der Waals surface area contributed by atoms with Crippen molar-refractivity contribution in [1.82, 2.24) is 10.2 Å². The molecular formula is C16H24N2O3. The van der Waals surface area contributed by atoms with Gasteiger partial charge < -0.3 is 0 Å². The van der Waals surface area contributed by atoms with Crippen molar-refractivity contribution in [1.29, 1.82) is 0 Å². The van der Waals surface area contributed by atoms with Gasteiger partial charge in [-0.1, -0.05) is 32.6 Å². The van der Waals surface area contributed by atoms with Crippen LogP contribution in [-0.2, 0) is 9.59 Å². The predicted octanol–water partition coefficient (Wildman–Crippen LogP) is 2.45. The van der Waals surface area contributed by atoms with Gasteiger partial charge in [0.15, 0.2) is 0 Å². The lowest BCUT2D eigenvalue weighted by molar-refractivity contribution is -0.151. The fourth-order valence-corrected chi connectivity index (χ4v) is 4.30. The summed E-state index contributed by atoms with van der Waals surface area (Å²) >= 11 is 0. The van der Waals surface area contributed by atoms with Crippen molar-refractivity contribution in [2.75, 3.05) is 6.54 Å². The number of carbonyl (C=O) groups is 3. The molecular weight excluding hydrogens is 268 g/mol. The van der Waals surface area contributed by atoms with Crippen LogP contribution in [0.5, 0.6) is 0 Å². The Morgan fingerprint density at radius 1 is 1.14 bits per heavy atom. The standard InChI is InChI=1S/C16H24N2O3/c1-11-5-4-6-12(9-11)10-18-14(20)16(7-2-3-8-16)13(19)17-15(18)21/h11-12H,2-10H2,1H3,(H,17,19,21). The molecule has 0 aromatic heterocycles. The minimum Gasteiger partial charge on any atom is -0.277 e. The summed E-state index contributed by atoms with van der Waals surface area (Å²) in [7, 11) is 0. The minimum absolute atomic E-state index is 0.244.